The van der Waals surface area contributed by atoms with E-state index in [0.29, 0.717) is 17.8 Å². The summed E-state index contributed by atoms with van der Waals surface area (Å²) in [7, 11) is 1.49. The van der Waals surface area contributed by atoms with Gasteiger partial charge in [0.15, 0.2) is 0 Å². The molecule has 9 heteroatoms. The Morgan fingerprint density at radius 3 is 2.39 bits per heavy atom. The number of carbonyl (C=O) groups is 2. The third-order valence-corrected chi connectivity index (χ3v) is 6.50. The average molecular weight is 527 g/mol. The minimum atomic E-state index is -0.845. The summed E-state index contributed by atoms with van der Waals surface area (Å²) in [5.74, 6) is -2.02. The second-order valence-electron chi connectivity index (χ2n) is 10.4. The predicted molar refractivity (Wildman–Crippen MR) is 143 cm³/mol. The van der Waals surface area contributed by atoms with Crippen LogP contribution < -0.4 is 11.1 Å². The minimum absolute atomic E-state index is 0.104. The third kappa shape index (κ3) is 6.85. The largest absolute Gasteiger partial charge is 0.387 e. The molecule has 1 heterocycles. The van der Waals surface area contributed by atoms with Crippen molar-refractivity contribution >= 4 is 11.8 Å². The molecule has 3 aromatic rings. The van der Waals surface area contributed by atoms with Crippen molar-refractivity contribution in [2.24, 2.45) is 11.1 Å². The van der Waals surface area contributed by atoms with Crippen LogP contribution in [0.15, 0.2) is 60.8 Å². The second kappa shape index (κ2) is 12.3. The van der Waals surface area contributed by atoms with E-state index in [2.05, 4.69) is 5.32 Å². The third-order valence-electron chi connectivity index (χ3n) is 6.50. The number of halogens is 2. The summed E-state index contributed by atoms with van der Waals surface area (Å²) in [4.78, 5) is 26.6. The molecule has 38 heavy (non-hydrogen) atoms. The Morgan fingerprint density at radius 1 is 1.11 bits per heavy atom. The molecule has 204 valence electrons. The van der Waals surface area contributed by atoms with Crippen molar-refractivity contribution in [2.45, 2.75) is 45.8 Å². The number of rotatable bonds is 10. The number of hydrogen-bond donors (Lipinski definition) is 3. The molecule has 0 saturated heterocycles. The van der Waals surface area contributed by atoms with Crippen molar-refractivity contribution in [3.63, 3.8) is 0 Å². The fraction of sp³-hybridized carbons (Fsp3) is 0.379. The van der Waals surface area contributed by atoms with Crippen LogP contribution in [0, 0.1) is 17.0 Å². The van der Waals surface area contributed by atoms with E-state index in [4.69, 9.17) is 5.73 Å². The van der Waals surface area contributed by atoms with Gasteiger partial charge in [-0.3, -0.25) is 9.59 Å². The normalized spacial score (nSPS) is 13.2. The zero-order valence-electron chi connectivity index (χ0n) is 22.2. The van der Waals surface area contributed by atoms with E-state index in [1.54, 1.807) is 12.3 Å². The Labute approximate surface area is 222 Å². The summed E-state index contributed by atoms with van der Waals surface area (Å²) >= 11 is 0. The van der Waals surface area contributed by atoms with Crippen molar-refractivity contribution in [1.82, 2.24) is 14.8 Å². The molecule has 0 bridgehead atoms. The minimum Gasteiger partial charge on any atom is -0.387 e. The number of nitrogens with zero attached hydrogens (tertiary/aromatic N) is 2. The number of aromatic nitrogens is 1. The molecule has 7 nitrogen and oxygen atoms in total. The van der Waals surface area contributed by atoms with E-state index in [1.807, 2.05) is 55.7 Å². The lowest BCUT2D eigenvalue weighted by Gasteiger charge is -2.41. The van der Waals surface area contributed by atoms with Crippen molar-refractivity contribution < 1.29 is 23.5 Å². The first-order valence-corrected chi connectivity index (χ1v) is 12.5. The first-order chi connectivity index (χ1) is 18.0. The Balaban J connectivity index is 2.16. The maximum atomic E-state index is 14.8. The van der Waals surface area contributed by atoms with Crippen LogP contribution in [-0.2, 0) is 16.1 Å². The van der Waals surface area contributed by atoms with Gasteiger partial charge in [0.1, 0.15) is 18.2 Å². The van der Waals surface area contributed by atoms with E-state index in [9.17, 15) is 23.5 Å². The Hall–Kier alpha value is -3.56. The molecule has 2 amide bonds. The molecule has 1 aromatic heterocycles. The molecule has 2 aromatic carbocycles. The highest BCUT2D eigenvalue weighted by atomic mass is 19.1. The van der Waals surface area contributed by atoms with Gasteiger partial charge >= 0.3 is 0 Å². The fourth-order valence-corrected chi connectivity index (χ4v) is 4.70. The number of likely N-dealkylation sites (N-methyl/N-ethyl adjacent to an activating group) is 1. The summed E-state index contributed by atoms with van der Waals surface area (Å²) in [5.41, 5.74) is 7.68. The lowest BCUT2D eigenvalue weighted by Crippen LogP contribution is -2.47. The number of aliphatic hydroxyl groups excluding tert-OH is 1. The Kier molecular flexibility index (Phi) is 9.40. The highest BCUT2D eigenvalue weighted by Crippen LogP contribution is 2.41. The van der Waals surface area contributed by atoms with Gasteiger partial charge in [-0.2, -0.15) is 0 Å². The standard InChI is InChI=1S/C29H36F2N4O3/c1-29(2,3)27(35(26(37)18-36)13-12-24(32)28(38)33-4)25-14-20(22-15-21(30)10-11-23(22)31)17-34(25)16-19-8-6-5-7-9-19/h5-11,14-15,17,24,27,36H,12-13,16,18,32H2,1-4H3,(H,33,38)/t24-,27-/m0/s1. The fourth-order valence-electron chi connectivity index (χ4n) is 4.70. The average Bonchev–Trinajstić information content (AvgIpc) is 3.28. The number of carbonyl (C=O) groups excluding carboxylic acids is 2. The van der Waals surface area contributed by atoms with E-state index in [0.717, 1.165) is 23.8 Å². The van der Waals surface area contributed by atoms with Gasteiger partial charge in [0.05, 0.1) is 12.1 Å². The molecule has 0 radical (unpaired) electrons. The maximum absolute atomic E-state index is 14.8. The molecule has 4 N–H and O–H groups in total. The summed E-state index contributed by atoms with van der Waals surface area (Å²) in [6.45, 7) is 5.66. The van der Waals surface area contributed by atoms with Crippen LogP contribution >= 0.6 is 0 Å². The van der Waals surface area contributed by atoms with Crippen molar-refractivity contribution in [2.75, 3.05) is 20.2 Å². The van der Waals surface area contributed by atoms with Crippen molar-refractivity contribution in [1.29, 1.82) is 0 Å². The molecule has 0 aliphatic rings. The number of nitrogens with two attached hydrogens (primary N) is 1. The molecule has 0 spiro atoms. The van der Waals surface area contributed by atoms with Gasteiger partial charge < -0.3 is 25.6 Å². The van der Waals surface area contributed by atoms with Gasteiger partial charge in [-0.05, 0) is 41.7 Å². The van der Waals surface area contributed by atoms with Crippen LogP contribution in [-0.4, -0.2) is 52.6 Å². The number of nitrogens with one attached hydrogen (secondary N) is 1. The van der Waals surface area contributed by atoms with Crippen LogP contribution in [0.2, 0.25) is 0 Å². The van der Waals surface area contributed by atoms with Crippen LogP contribution in [0.25, 0.3) is 11.1 Å². The van der Waals surface area contributed by atoms with Gasteiger partial charge in [0.2, 0.25) is 11.8 Å². The van der Waals surface area contributed by atoms with Crippen LogP contribution in [0.1, 0.15) is 44.5 Å². The molecule has 2 atom stereocenters. The van der Waals surface area contributed by atoms with Crippen LogP contribution in [0.4, 0.5) is 8.78 Å². The van der Waals surface area contributed by atoms with E-state index in [1.165, 1.54) is 11.9 Å². The second-order valence-corrected chi connectivity index (χ2v) is 10.4. The number of amides is 2. The Bertz CT molecular complexity index is 1250. The van der Waals surface area contributed by atoms with E-state index in [-0.39, 0.29) is 24.4 Å². The summed E-state index contributed by atoms with van der Waals surface area (Å²) in [6.07, 6.45) is 1.92. The first kappa shape index (κ1) is 29.0. The van der Waals surface area contributed by atoms with Gasteiger partial charge in [-0.25, -0.2) is 8.78 Å². The molecule has 0 fully saturated rings. The maximum Gasteiger partial charge on any atom is 0.248 e. The first-order valence-electron chi connectivity index (χ1n) is 12.5. The van der Waals surface area contributed by atoms with Crippen molar-refractivity contribution in [3.8, 4) is 11.1 Å². The number of benzene rings is 2. The highest BCUT2D eigenvalue weighted by Gasteiger charge is 2.37. The lowest BCUT2D eigenvalue weighted by molar-refractivity contribution is -0.140. The molecular formula is C29H36F2N4O3. The quantitative estimate of drug-likeness (QED) is 0.374. The molecule has 0 unspecified atom stereocenters. The van der Waals surface area contributed by atoms with Crippen LogP contribution in [0.5, 0.6) is 0 Å². The van der Waals surface area contributed by atoms with Gasteiger partial charge in [-0.15, -0.1) is 0 Å². The molecule has 3 rings (SSSR count). The van der Waals surface area contributed by atoms with Crippen molar-refractivity contribution in [3.05, 3.63) is 83.7 Å². The monoisotopic (exact) mass is 526 g/mol. The topological polar surface area (TPSA) is 101 Å². The summed E-state index contributed by atoms with van der Waals surface area (Å²) in [5, 5.41) is 12.3. The zero-order valence-corrected chi connectivity index (χ0v) is 22.2. The lowest BCUT2D eigenvalue weighted by atomic mass is 9.82. The summed E-state index contributed by atoms with van der Waals surface area (Å²) < 4.78 is 30.8. The summed E-state index contributed by atoms with van der Waals surface area (Å²) in [6, 6.07) is 13.3. The van der Waals surface area contributed by atoms with Crippen LogP contribution in [0.3, 0.4) is 0 Å². The smallest absolute Gasteiger partial charge is 0.248 e. The molecule has 0 aliphatic heterocycles. The molecular weight excluding hydrogens is 490 g/mol. The zero-order chi connectivity index (χ0) is 28.0. The molecule has 0 saturated carbocycles. The van der Waals surface area contributed by atoms with E-state index < -0.39 is 41.6 Å². The highest BCUT2D eigenvalue weighted by molar-refractivity contribution is 5.81. The SMILES string of the molecule is CNC(=O)[C@@H](N)CCN(C(=O)CO)[C@@H](c1cc(-c2cc(F)ccc2F)cn1Cc1ccccc1)C(C)(C)C. The van der Waals surface area contributed by atoms with E-state index >= 15 is 0 Å². The van der Waals surface area contributed by atoms with Gasteiger partial charge in [-0.1, -0.05) is 51.1 Å². The van der Waals surface area contributed by atoms with Gasteiger partial charge in [0, 0.05) is 43.2 Å². The molecule has 0 aliphatic carbocycles. The number of hydrogen-bond acceptors (Lipinski definition) is 4. The Morgan fingerprint density at radius 2 is 1.79 bits per heavy atom. The number of aliphatic hydroxyl groups is 1. The van der Waals surface area contributed by atoms with Gasteiger partial charge in [0.25, 0.3) is 0 Å². The predicted octanol–water partition coefficient (Wildman–Crippen LogP) is 3.85.